The molecule has 1 aliphatic rings. The molecule has 0 saturated carbocycles. The maximum atomic E-state index is 5.17. The summed E-state index contributed by atoms with van der Waals surface area (Å²) in [6.07, 6.45) is 1.68. The zero-order chi connectivity index (χ0) is 7.40. The summed E-state index contributed by atoms with van der Waals surface area (Å²) in [4.78, 5) is 0. The molecule has 3 nitrogen and oxygen atoms in total. The van der Waals surface area contributed by atoms with E-state index in [-0.39, 0.29) is 12.4 Å². The fourth-order valence-corrected chi connectivity index (χ4v) is 0.637. The van der Waals surface area contributed by atoms with Crippen LogP contribution in [0.15, 0.2) is 12.8 Å². The summed E-state index contributed by atoms with van der Waals surface area (Å²) in [5.74, 6) is 0. The van der Waals surface area contributed by atoms with E-state index in [2.05, 4.69) is 6.58 Å². The predicted octanol–water partition coefficient (Wildman–Crippen LogP) is 0.908. The summed E-state index contributed by atoms with van der Waals surface area (Å²) in [6, 6.07) is 0. The number of rotatable bonds is 5. The Labute approximate surface area is 60.6 Å². The maximum Gasteiger partial charge on any atom is 0.184 e. The van der Waals surface area contributed by atoms with E-state index in [0.29, 0.717) is 13.2 Å². The summed E-state index contributed by atoms with van der Waals surface area (Å²) in [5, 5.41) is 0. The normalized spacial score (nSPS) is 29.7. The highest BCUT2D eigenvalue weighted by Crippen LogP contribution is 2.21. The Balaban J connectivity index is 1.82. The first-order chi connectivity index (χ1) is 4.84. The molecular formula is C7H12O3. The van der Waals surface area contributed by atoms with Crippen molar-refractivity contribution in [2.45, 2.75) is 19.3 Å². The molecule has 58 valence electrons. The lowest BCUT2D eigenvalue weighted by atomic mass is 10.5. The number of hydrogen-bond acceptors (Lipinski definition) is 3. The van der Waals surface area contributed by atoms with E-state index in [4.69, 9.17) is 14.2 Å². The molecule has 0 spiro atoms. The van der Waals surface area contributed by atoms with E-state index >= 15 is 0 Å². The van der Waals surface area contributed by atoms with Crippen molar-refractivity contribution in [3.8, 4) is 0 Å². The molecule has 0 bridgehead atoms. The van der Waals surface area contributed by atoms with Crippen LogP contribution in [0.1, 0.15) is 6.92 Å². The van der Waals surface area contributed by atoms with Gasteiger partial charge in [-0.25, -0.2) is 0 Å². The second-order valence-corrected chi connectivity index (χ2v) is 2.12. The molecule has 3 heteroatoms. The molecule has 0 aromatic rings. The van der Waals surface area contributed by atoms with Gasteiger partial charge in [0, 0.05) is 0 Å². The molecule has 0 aliphatic carbocycles. The highest BCUT2D eigenvalue weighted by atomic mass is 16.8. The Morgan fingerprint density at radius 3 is 2.80 bits per heavy atom. The van der Waals surface area contributed by atoms with E-state index in [1.165, 1.54) is 6.26 Å². The molecule has 1 heterocycles. The fourth-order valence-electron chi connectivity index (χ4n) is 0.637. The molecule has 1 fully saturated rings. The molecule has 10 heavy (non-hydrogen) atoms. The lowest BCUT2D eigenvalue weighted by molar-refractivity contribution is 0.0243. The number of epoxide rings is 1. The summed E-state index contributed by atoms with van der Waals surface area (Å²) in [6.45, 7) is 6.49. The zero-order valence-corrected chi connectivity index (χ0v) is 6.08. The second kappa shape index (κ2) is 3.58. The standard InChI is InChI=1S/C7H12O3/c1-3-8-4-5-9-7-6(2)10-7/h3,6-7H,1,4-5H2,2H3. The fraction of sp³-hybridized carbons (Fsp3) is 0.714. The van der Waals surface area contributed by atoms with Crippen molar-refractivity contribution in [3.05, 3.63) is 12.8 Å². The quantitative estimate of drug-likeness (QED) is 0.326. The third-order valence-electron chi connectivity index (χ3n) is 1.26. The molecular weight excluding hydrogens is 132 g/mol. The Morgan fingerprint density at radius 2 is 2.30 bits per heavy atom. The molecule has 2 unspecified atom stereocenters. The average molecular weight is 144 g/mol. The van der Waals surface area contributed by atoms with Crippen molar-refractivity contribution in [3.63, 3.8) is 0 Å². The molecule has 0 radical (unpaired) electrons. The zero-order valence-electron chi connectivity index (χ0n) is 6.08. The topological polar surface area (TPSA) is 31.0 Å². The average Bonchev–Trinajstić information content (AvgIpc) is 2.60. The second-order valence-electron chi connectivity index (χ2n) is 2.12. The minimum absolute atomic E-state index is 0.00779. The Hall–Kier alpha value is -0.540. The number of hydrogen-bond donors (Lipinski definition) is 0. The van der Waals surface area contributed by atoms with E-state index in [0.717, 1.165) is 0 Å². The number of ether oxygens (including phenoxy) is 3. The lowest BCUT2D eigenvalue weighted by Gasteiger charge is -1.98. The van der Waals surface area contributed by atoms with Gasteiger partial charge in [-0.1, -0.05) is 6.58 Å². The van der Waals surface area contributed by atoms with Crippen LogP contribution in [0.4, 0.5) is 0 Å². The maximum absolute atomic E-state index is 5.17. The minimum atomic E-state index is 0.00779. The van der Waals surface area contributed by atoms with Crippen LogP contribution < -0.4 is 0 Å². The summed E-state index contributed by atoms with van der Waals surface area (Å²) in [7, 11) is 0. The molecule has 2 atom stereocenters. The first-order valence-corrected chi connectivity index (χ1v) is 3.34. The Bertz CT molecular complexity index is 113. The Morgan fingerprint density at radius 1 is 1.60 bits per heavy atom. The third kappa shape index (κ3) is 2.37. The van der Waals surface area contributed by atoms with Crippen molar-refractivity contribution in [2.24, 2.45) is 0 Å². The van der Waals surface area contributed by atoms with E-state index in [9.17, 15) is 0 Å². The van der Waals surface area contributed by atoms with E-state index < -0.39 is 0 Å². The first kappa shape index (κ1) is 7.57. The van der Waals surface area contributed by atoms with Gasteiger partial charge in [0.15, 0.2) is 6.29 Å². The minimum Gasteiger partial charge on any atom is -0.499 e. The molecule has 1 aliphatic heterocycles. The van der Waals surface area contributed by atoms with Gasteiger partial charge in [-0.3, -0.25) is 0 Å². The van der Waals surface area contributed by atoms with Gasteiger partial charge >= 0.3 is 0 Å². The summed E-state index contributed by atoms with van der Waals surface area (Å²) < 4.78 is 15.0. The van der Waals surface area contributed by atoms with Crippen LogP contribution in [0.5, 0.6) is 0 Å². The van der Waals surface area contributed by atoms with Crippen LogP contribution in [0.25, 0.3) is 0 Å². The van der Waals surface area contributed by atoms with Gasteiger partial charge in [0.2, 0.25) is 0 Å². The lowest BCUT2D eigenvalue weighted by Crippen LogP contribution is -2.04. The van der Waals surface area contributed by atoms with Crippen molar-refractivity contribution in [1.82, 2.24) is 0 Å². The van der Waals surface area contributed by atoms with Crippen LogP contribution >= 0.6 is 0 Å². The van der Waals surface area contributed by atoms with Crippen LogP contribution in [0, 0.1) is 0 Å². The van der Waals surface area contributed by atoms with Crippen molar-refractivity contribution in [2.75, 3.05) is 13.2 Å². The third-order valence-corrected chi connectivity index (χ3v) is 1.26. The van der Waals surface area contributed by atoms with Crippen LogP contribution in [0.2, 0.25) is 0 Å². The Kier molecular flexibility index (Phi) is 2.71. The van der Waals surface area contributed by atoms with E-state index in [1.807, 2.05) is 6.92 Å². The SMILES string of the molecule is C=COCCOC1OC1C. The molecule has 1 rings (SSSR count). The summed E-state index contributed by atoms with van der Waals surface area (Å²) in [5.41, 5.74) is 0. The van der Waals surface area contributed by atoms with Crippen LogP contribution in [-0.4, -0.2) is 25.6 Å². The van der Waals surface area contributed by atoms with Gasteiger partial charge < -0.3 is 14.2 Å². The molecule has 0 aromatic heterocycles. The van der Waals surface area contributed by atoms with Crippen molar-refractivity contribution < 1.29 is 14.2 Å². The highest BCUT2D eigenvalue weighted by molar-refractivity contribution is 4.69. The largest absolute Gasteiger partial charge is 0.499 e. The van der Waals surface area contributed by atoms with Crippen LogP contribution in [0.3, 0.4) is 0 Å². The van der Waals surface area contributed by atoms with Gasteiger partial charge in [0.1, 0.15) is 12.7 Å². The van der Waals surface area contributed by atoms with Gasteiger partial charge in [-0.15, -0.1) is 0 Å². The molecule has 1 saturated heterocycles. The van der Waals surface area contributed by atoms with Gasteiger partial charge in [0.25, 0.3) is 0 Å². The van der Waals surface area contributed by atoms with Gasteiger partial charge in [-0.05, 0) is 6.92 Å². The molecule has 0 aromatic carbocycles. The van der Waals surface area contributed by atoms with Gasteiger partial charge in [0.05, 0.1) is 12.9 Å². The van der Waals surface area contributed by atoms with Crippen molar-refractivity contribution in [1.29, 1.82) is 0 Å². The van der Waals surface area contributed by atoms with Gasteiger partial charge in [-0.2, -0.15) is 0 Å². The highest BCUT2D eigenvalue weighted by Gasteiger charge is 2.34. The first-order valence-electron chi connectivity index (χ1n) is 3.34. The molecule has 0 N–H and O–H groups in total. The van der Waals surface area contributed by atoms with Crippen LogP contribution in [-0.2, 0) is 14.2 Å². The smallest absolute Gasteiger partial charge is 0.184 e. The van der Waals surface area contributed by atoms with Crippen molar-refractivity contribution >= 4 is 0 Å². The predicted molar refractivity (Wildman–Crippen MR) is 36.4 cm³/mol. The molecule has 0 amide bonds. The monoisotopic (exact) mass is 144 g/mol. The van der Waals surface area contributed by atoms with E-state index in [1.54, 1.807) is 0 Å². The summed E-state index contributed by atoms with van der Waals surface area (Å²) >= 11 is 0.